The Balaban J connectivity index is 1.75. The molecule has 0 aliphatic heterocycles. The number of carbonyl (C=O) groups excluding carboxylic acids is 1. The molecule has 0 saturated carbocycles. The van der Waals surface area contributed by atoms with Crippen LogP contribution in [0.25, 0.3) is 0 Å². The highest BCUT2D eigenvalue weighted by molar-refractivity contribution is 7.92. The number of sulfonamides is 1. The smallest absolute Gasteiger partial charge is 0.264 e. The first-order chi connectivity index (χ1) is 12.9. The van der Waals surface area contributed by atoms with Crippen molar-refractivity contribution in [2.45, 2.75) is 17.9 Å². The molecule has 0 fully saturated rings. The first-order valence-electron chi connectivity index (χ1n) is 8.38. The molecule has 0 aliphatic rings. The van der Waals surface area contributed by atoms with Gasteiger partial charge in [-0.1, -0.05) is 24.3 Å². The molecule has 5 nitrogen and oxygen atoms in total. The Morgan fingerprint density at radius 2 is 1.67 bits per heavy atom. The third-order valence-electron chi connectivity index (χ3n) is 4.21. The third-order valence-corrected chi connectivity index (χ3v) is 7.07. The number of carbonyl (C=O) groups is 1. The minimum atomic E-state index is -3.69. The van der Waals surface area contributed by atoms with Crippen LogP contribution in [0.1, 0.15) is 28.2 Å². The van der Waals surface area contributed by atoms with Gasteiger partial charge in [0.25, 0.3) is 15.9 Å². The predicted molar refractivity (Wildman–Crippen MR) is 109 cm³/mol. The van der Waals surface area contributed by atoms with Crippen LogP contribution >= 0.6 is 11.3 Å². The summed E-state index contributed by atoms with van der Waals surface area (Å²) < 4.78 is 26.8. The van der Waals surface area contributed by atoms with E-state index in [1.165, 1.54) is 35.6 Å². The molecule has 1 N–H and O–H groups in total. The van der Waals surface area contributed by atoms with E-state index in [9.17, 15) is 13.2 Å². The van der Waals surface area contributed by atoms with Crippen molar-refractivity contribution in [1.29, 1.82) is 0 Å². The number of hydrogen-bond acceptors (Lipinski definition) is 4. The maximum Gasteiger partial charge on any atom is 0.264 e. The zero-order valence-electron chi connectivity index (χ0n) is 15.0. The lowest BCUT2D eigenvalue weighted by atomic mass is 10.2. The molecule has 0 bridgehead atoms. The summed E-state index contributed by atoms with van der Waals surface area (Å²) >= 11 is 1.58. The third kappa shape index (κ3) is 4.20. The van der Waals surface area contributed by atoms with E-state index in [0.717, 1.165) is 4.88 Å². The van der Waals surface area contributed by atoms with E-state index in [-0.39, 0.29) is 16.8 Å². The number of amides is 1. The molecule has 0 radical (unpaired) electrons. The fourth-order valence-electron chi connectivity index (χ4n) is 2.60. The van der Waals surface area contributed by atoms with Gasteiger partial charge in [-0.05, 0) is 54.8 Å². The molecule has 1 aromatic heterocycles. The van der Waals surface area contributed by atoms with Crippen LogP contribution in [0.4, 0.5) is 5.69 Å². The minimum absolute atomic E-state index is 0.106. The number of nitrogens with one attached hydrogen (secondary N) is 1. The van der Waals surface area contributed by atoms with Crippen molar-refractivity contribution in [2.75, 3.05) is 11.4 Å². The summed E-state index contributed by atoms with van der Waals surface area (Å²) in [5, 5.41) is 4.88. The van der Waals surface area contributed by atoms with Crippen molar-refractivity contribution in [3.8, 4) is 0 Å². The summed E-state index contributed by atoms with van der Waals surface area (Å²) in [6, 6.07) is 18.6. The highest BCUT2D eigenvalue weighted by Crippen LogP contribution is 2.22. The van der Waals surface area contributed by atoms with Crippen LogP contribution in [-0.2, 0) is 10.0 Å². The number of rotatable bonds is 6. The van der Waals surface area contributed by atoms with Crippen molar-refractivity contribution in [2.24, 2.45) is 0 Å². The zero-order valence-corrected chi connectivity index (χ0v) is 16.6. The van der Waals surface area contributed by atoms with Gasteiger partial charge < -0.3 is 5.32 Å². The molecule has 27 heavy (non-hydrogen) atoms. The molecular weight excluding hydrogens is 380 g/mol. The van der Waals surface area contributed by atoms with Crippen LogP contribution in [-0.4, -0.2) is 21.4 Å². The van der Waals surface area contributed by atoms with Gasteiger partial charge >= 0.3 is 0 Å². The summed E-state index contributed by atoms with van der Waals surface area (Å²) in [6.07, 6.45) is 0. The van der Waals surface area contributed by atoms with Gasteiger partial charge in [0.1, 0.15) is 0 Å². The molecule has 3 aromatic rings. The Hall–Kier alpha value is -2.64. The molecule has 1 unspecified atom stereocenters. The van der Waals surface area contributed by atoms with E-state index in [2.05, 4.69) is 5.32 Å². The number of nitrogens with zero attached hydrogens (tertiary/aromatic N) is 1. The Kier molecular flexibility index (Phi) is 5.62. The SMILES string of the molecule is CC(NC(=O)c1ccc(S(=O)(=O)N(C)c2ccccc2)cc1)c1cccs1. The summed E-state index contributed by atoms with van der Waals surface area (Å²) in [4.78, 5) is 13.6. The predicted octanol–water partition coefficient (Wildman–Crippen LogP) is 4.06. The van der Waals surface area contributed by atoms with Crippen LogP contribution in [0, 0.1) is 0 Å². The van der Waals surface area contributed by atoms with Gasteiger partial charge in [0.15, 0.2) is 0 Å². The van der Waals surface area contributed by atoms with Crippen molar-refractivity contribution in [3.05, 3.63) is 82.6 Å². The highest BCUT2D eigenvalue weighted by atomic mass is 32.2. The second-order valence-electron chi connectivity index (χ2n) is 6.04. The Morgan fingerprint density at radius 1 is 1.00 bits per heavy atom. The molecule has 3 rings (SSSR count). The van der Waals surface area contributed by atoms with E-state index >= 15 is 0 Å². The topological polar surface area (TPSA) is 66.5 Å². The van der Waals surface area contributed by atoms with E-state index in [4.69, 9.17) is 0 Å². The van der Waals surface area contributed by atoms with Crippen molar-refractivity contribution in [1.82, 2.24) is 5.32 Å². The number of anilines is 1. The summed E-state index contributed by atoms with van der Waals surface area (Å²) in [6.45, 7) is 1.91. The molecule has 1 heterocycles. The van der Waals surface area contributed by atoms with Crippen LogP contribution in [0.2, 0.25) is 0 Å². The molecule has 1 amide bonds. The van der Waals surface area contributed by atoms with Gasteiger partial charge in [-0.2, -0.15) is 0 Å². The fraction of sp³-hybridized carbons (Fsp3) is 0.150. The second kappa shape index (κ2) is 7.94. The lowest BCUT2D eigenvalue weighted by molar-refractivity contribution is 0.0940. The van der Waals surface area contributed by atoms with E-state index in [1.54, 1.807) is 35.6 Å². The van der Waals surface area contributed by atoms with E-state index in [1.807, 2.05) is 30.5 Å². The summed E-state index contributed by atoms with van der Waals surface area (Å²) in [5.41, 5.74) is 0.990. The monoisotopic (exact) mass is 400 g/mol. The van der Waals surface area contributed by atoms with Gasteiger partial charge in [0, 0.05) is 17.5 Å². The molecule has 7 heteroatoms. The first-order valence-corrected chi connectivity index (χ1v) is 10.7. The second-order valence-corrected chi connectivity index (χ2v) is 8.99. The van der Waals surface area contributed by atoms with Gasteiger partial charge in [-0.3, -0.25) is 9.10 Å². The van der Waals surface area contributed by atoms with Gasteiger partial charge in [-0.15, -0.1) is 11.3 Å². The Labute approximate surface area is 163 Å². The Bertz CT molecular complexity index is 999. The van der Waals surface area contributed by atoms with Crippen molar-refractivity contribution >= 4 is 33.0 Å². The maximum absolute atomic E-state index is 12.8. The highest BCUT2D eigenvalue weighted by Gasteiger charge is 2.21. The van der Waals surface area contributed by atoms with Crippen LogP contribution in [0.5, 0.6) is 0 Å². The standard InChI is InChI=1S/C20H20N2O3S2/c1-15(19-9-6-14-26-19)21-20(23)16-10-12-18(13-11-16)27(24,25)22(2)17-7-4-3-5-8-17/h3-15H,1-2H3,(H,21,23). The number of benzene rings is 2. The van der Waals surface area contributed by atoms with Gasteiger partial charge in [0.2, 0.25) is 0 Å². The molecule has 140 valence electrons. The molecule has 0 aliphatic carbocycles. The quantitative estimate of drug-likeness (QED) is 0.678. The van der Waals surface area contributed by atoms with Crippen molar-refractivity contribution < 1.29 is 13.2 Å². The molecule has 0 saturated heterocycles. The minimum Gasteiger partial charge on any atom is -0.345 e. The normalized spacial score (nSPS) is 12.4. The largest absolute Gasteiger partial charge is 0.345 e. The first kappa shape index (κ1) is 19.1. The van der Waals surface area contributed by atoms with E-state index < -0.39 is 10.0 Å². The van der Waals surface area contributed by atoms with Crippen LogP contribution in [0.15, 0.2) is 77.0 Å². The molecule has 2 aromatic carbocycles. The Morgan fingerprint density at radius 3 is 2.26 bits per heavy atom. The number of hydrogen-bond donors (Lipinski definition) is 1. The average Bonchev–Trinajstić information content (AvgIpc) is 3.23. The molecule has 1 atom stereocenters. The summed E-state index contributed by atoms with van der Waals surface area (Å²) in [7, 11) is -2.18. The average molecular weight is 401 g/mol. The molecular formula is C20H20N2O3S2. The van der Waals surface area contributed by atoms with Crippen LogP contribution in [0.3, 0.4) is 0 Å². The lowest BCUT2D eigenvalue weighted by Gasteiger charge is -2.19. The summed E-state index contributed by atoms with van der Waals surface area (Å²) in [5.74, 6) is -0.240. The lowest BCUT2D eigenvalue weighted by Crippen LogP contribution is -2.27. The number of thiophene rings is 1. The molecule has 0 spiro atoms. The van der Waals surface area contributed by atoms with Gasteiger partial charge in [-0.25, -0.2) is 8.42 Å². The zero-order chi connectivity index (χ0) is 19.4. The van der Waals surface area contributed by atoms with E-state index in [0.29, 0.717) is 11.3 Å². The van der Waals surface area contributed by atoms with Crippen molar-refractivity contribution in [3.63, 3.8) is 0 Å². The maximum atomic E-state index is 12.8. The van der Waals surface area contributed by atoms with Gasteiger partial charge in [0.05, 0.1) is 16.6 Å². The fourth-order valence-corrected chi connectivity index (χ4v) is 4.53. The van der Waals surface area contributed by atoms with Crippen LogP contribution < -0.4 is 9.62 Å². The number of para-hydroxylation sites is 1.